The molecule has 3 nitrogen and oxygen atoms in total. The molecule has 0 N–H and O–H groups in total. The normalized spacial score (nSPS) is 10.7. The molecule has 0 atom stereocenters. The van der Waals surface area contributed by atoms with E-state index in [1.165, 1.54) is 11.1 Å². The zero-order valence-corrected chi connectivity index (χ0v) is 12.7. The van der Waals surface area contributed by atoms with Crippen molar-refractivity contribution in [1.82, 2.24) is 9.88 Å². The van der Waals surface area contributed by atoms with Crippen LogP contribution in [-0.4, -0.2) is 24.0 Å². The van der Waals surface area contributed by atoms with Crippen molar-refractivity contribution in [2.75, 3.05) is 14.2 Å². The molecule has 1 aromatic carbocycles. The molecule has 0 aliphatic rings. The maximum atomic E-state index is 5.24. The highest BCUT2D eigenvalue weighted by Gasteiger charge is 2.03. The first-order valence-corrected chi connectivity index (χ1v) is 6.87. The Kier molecular flexibility index (Phi) is 4.93. The lowest BCUT2D eigenvalue weighted by Crippen LogP contribution is -2.17. The van der Waals surface area contributed by atoms with Crippen LogP contribution in [-0.2, 0) is 13.1 Å². The Morgan fingerprint density at radius 3 is 2.68 bits per heavy atom. The molecule has 0 aliphatic heterocycles. The van der Waals surface area contributed by atoms with E-state index in [-0.39, 0.29) is 0 Å². The minimum Gasteiger partial charge on any atom is -0.497 e. The van der Waals surface area contributed by atoms with Crippen molar-refractivity contribution >= 4 is 15.9 Å². The summed E-state index contributed by atoms with van der Waals surface area (Å²) >= 11 is 3.44. The third-order valence-corrected chi connectivity index (χ3v) is 3.23. The van der Waals surface area contributed by atoms with Gasteiger partial charge in [-0.05, 0) is 52.3 Å². The predicted molar refractivity (Wildman–Crippen MR) is 80.1 cm³/mol. The molecule has 0 unspecified atom stereocenters. The number of rotatable bonds is 5. The number of methoxy groups -OCH3 is 1. The molecule has 0 bridgehead atoms. The van der Waals surface area contributed by atoms with E-state index in [0.29, 0.717) is 0 Å². The van der Waals surface area contributed by atoms with Gasteiger partial charge in [0.25, 0.3) is 0 Å². The summed E-state index contributed by atoms with van der Waals surface area (Å²) in [5.41, 5.74) is 2.43. The standard InChI is InChI=1S/C15H17BrN2O/c1-18(11-13-6-14(16)9-17-8-13)10-12-4-3-5-15(7-12)19-2/h3-9H,10-11H2,1-2H3. The zero-order chi connectivity index (χ0) is 13.7. The molecule has 4 heteroatoms. The second-order valence-electron chi connectivity index (χ2n) is 4.54. The summed E-state index contributed by atoms with van der Waals surface area (Å²) in [6, 6.07) is 10.2. The van der Waals surface area contributed by atoms with Gasteiger partial charge in [0, 0.05) is 30.0 Å². The second kappa shape index (κ2) is 6.68. The lowest BCUT2D eigenvalue weighted by atomic mass is 10.2. The van der Waals surface area contributed by atoms with Gasteiger partial charge in [0.2, 0.25) is 0 Å². The van der Waals surface area contributed by atoms with Gasteiger partial charge in [-0.25, -0.2) is 0 Å². The number of pyridine rings is 1. The van der Waals surface area contributed by atoms with Crippen LogP contribution in [0.4, 0.5) is 0 Å². The lowest BCUT2D eigenvalue weighted by Gasteiger charge is -2.17. The molecule has 1 aromatic heterocycles. The van der Waals surface area contributed by atoms with Crippen molar-refractivity contribution in [3.63, 3.8) is 0 Å². The fraction of sp³-hybridized carbons (Fsp3) is 0.267. The molecule has 0 radical (unpaired) electrons. The zero-order valence-electron chi connectivity index (χ0n) is 11.1. The molecule has 2 aromatic rings. The van der Waals surface area contributed by atoms with Crippen molar-refractivity contribution < 1.29 is 4.74 Å². The molecule has 2 rings (SSSR count). The van der Waals surface area contributed by atoms with Crippen molar-refractivity contribution in [3.8, 4) is 5.75 Å². The van der Waals surface area contributed by atoms with Crippen LogP contribution in [0.15, 0.2) is 47.2 Å². The first kappa shape index (κ1) is 14.0. The smallest absolute Gasteiger partial charge is 0.119 e. The Balaban J connectivity index is 1.98. The summed E-state index contributed by atoms with van der Waals surface area (Å²) < 4.78 is 6.25. The summed E-state index contributed by atoms with van der Waals surface area (Å²) in [7, 11) is 3.79. The molecule has 1 heterocycles. The van der Waals surface area contributed by atoms with Gasteiger partial charge in [0.05, 0.1) is 7.11 Å². The molecular formula is C15H17BrN2O. The van der Waals surface area contributed by atoms with Gasteiger partial charge in [-0.1, -0.05) is 12.1 Å². The van der Waals surface area contributed by atoms with Crippen LogP contribution in [0.3, 0.4) is 0 Å². The molecule has 100 valence electrons. The Hall–Kier alpha value is -1.39. The predicted octanol–water partition coefficient (Wildman–Crippen LogP) is 3.48. The van der Waals surface area contributed by atoms with Crippen molar-refractivity contribution in [3.05, 3.63) is 58.3 Å². The van der Waals surface area contributed by atoms with E-state index in [1.54, 1.807) is 13.3 Å². The van der Waals surface area contributed by atoms with Gasteiger partial charge in [0.1, 0.15) is 5.75 Å². The third-order valence-electron chi connectivity index (χ3n) is 2.80. The minimum absolute atomic E-state index is 0.865. The van der Waals surface area contributed by atoms with Crippen molar-refractivity contribution in [2.24, 2.45) is 0 Å². The Labute approximate surface area is 122 Å². The maximum Gasteiger partial charge on any atom is 0.119 e. The highest BCUT2D eigenvalue weighted by atomic mass is 79.9. The Morgan fingerprint density at radius 1 is 1.16 bits per heavy atom. The Morgan fingerprint density at radius 2 is 1.95 bits per heavy atom. The number of ether oxygens (including phenoxy) is 1. The molecular weight excluding hydrogens is 304 g/mol. The maximum absolute atomic E-state index is 5.24. The van der Waals surface area contributed by atoms with Crippen LogP contribution in [0.1, 0.15) is 11.1 Å². The van der Waals surface area contributed by atoms with Gasteiger partial charge in [-0.3, -0.25) is 9.88 Å². The van der Waals surface area contributed by atoms with Crippen LogP contribution < -0.4 is 4.74 Å². The number of hydrogen-bond donors (Lipinski definition) is 0. The molecule has 0 spiro atoms. The molecule has 0 aliphatic carbocycles. The van der Waals surface area contributed by atoms with E-state index >= 15 is 0 Å². The molecule has 0 fully saturated rings. The number of benzene rings is 1. The fourth-order valence-corrected chi connectivity index (χ4v) is 2.40. The van der Waals surface area contributed by atoms with Gasteiger partial charge in [-0.15, -0.1) is 0 Å². The summed E-state index contributed by atoms with van der Waals surface area (Å²) in [4.78, 5) is 6.43. The van der Waals surface area contributed by atoms with E-state index in [9.17, 15) is 0 Å². The highest BCUT2D eigenvalue weighted by molar-refractivity contribution is 9.10. The number of halogens is 1. The monoisotopic (exact) mass is 320 g/mol. The summed E-state index contributed by atoms with van der Waals surface area (Å²) in [6.45, 7) is 1.74. The quantitative estimate of drug-likeness (QED) is 0.843. The van der Waals surface area contributed by atoms with Gasteiger partial charge in [0.15, 0.2) is 0 Å². The summed E-state index contributed by atoms with van der Waals surface area (Å²) in [5, 5.41) is 0. The van der Waals surface area contributed by atoms with Crippen LogP contribution >= 0.6 is 15.9 Å². The van der Waals surface area contributed by atoms with E-state index in [0.717, 1.165) is 23.3 Å². The third kappa shape index (κ3) is 4.33. The fourth-order valence-electron chi connectivity index (χ4n) is 1.99. The molecule has 0 saturated heterocycles. The van der Waals surface area contributed by atoms with Crippen LogP contribution in [0.2, 0.25) is 0 Å². The van der Waals surface area contributed by atoms with Crippen LogP contribution in [0, 0.1) is 0 Å². The van der Waals surface area contributed by atoms with Gasteiger partial charge >= 0.3 is 0 Å². The molecule has 0 amide bonds. The van der Waals surface area contributed by atoms with Gasteiger partial charge < -0.3 is 4.74 Å². The minimum atomic E-state index is 0.865. The second-order valence-corrected chi connectivity index (χ2v) is 5.45. The summed E-state index contributed by atoms with van der Waals surface area (Å²) in [5.74, 6) is 0.898. The van der Waals surface area contributed by atoms with Crippen molar-refractivity contribution in [1.29, 1.82) is 0 Å². The number of aromatic nitrogens is 1. The van der Waals surface area contributed by atoms with Gasteiger partial charge in [-0.2, -0.15) is 0 Å². The van der Waals surface area contributed by atoms with Crippen LogP contribution in [0.5, 0.6) is 5.75 Å². The molecule has 19 heavy (non-hydrogen) atoms. The summed E-state index contributed by atoms with van der Waals surface area (Å²) in [6.07, 6.45) is 3.69. The highest BCUT2D eigenvalue weighted by Crippen LogP contribution is 2.16. The molecule has 0 saturated carbocycles. The van der Waals surface area contributed by atoms with Crippen molar-refractivity contribution in [2.45, 2.75) is 13.1 Å². The van der Waals surface area contributed by atoms with E-state index in [4.69, 9.17) is 4.74 Å². The van der Waals surface area contributed by atoms with E-state index in [2.05, 4.69) is 51.1 Å². The first-order chi connectivity index (χ1) is 9.17. The Bertz CT molecular complexity index is 545. The van der Waals surface area contributed by atoms with Crippen LogP contribution in [0.25, 0.3) is 0 Å². The number of hydrogen-bond acceptors (Lipinski definition) is 3. The average molecular weight is 321 g/mol. The average Bonchev–Trinajstić information content (AvgIpc) is 2.38. The SMILES string of the molecule is COc1cccc(CN(C)Cc2cncc(Br)c2)c1. The largest absolute Gasteiger partial charge is 0.497 e. The topological polar surface area (TPSA) is 25.4 Å². The van der Waals surface area contributed by atoms with E-state index in [1.807, 2.05) is 18.3 Å². The van der Waals surface area contributed by atoms with E-state index < -0.39 is 0 Å². The number of nitrogens with zero attached hydrogens (tertiary/aromatic N) is 2. The lowest BCUT2D eigenvalue weighted by molar-refractivity contribution is 0.317. The first-order valence-electron chi connectivity index (χ1n) is 6.08.